The molecular weight excluding hydrogens is 280 g/mol. The number of amides is 1. The molecule has 0 spiro atoms. The Hall–Kier alpha value is -1.16. The normalized spacial score (nSPS) is 14.5. The number of carbonyl (C=O) groups is 1. The van der Waals surface area contributed by atoms with Crippen molar-refractivity contribution in [2.45, 2.75) is 25.7 Å². The van der Waals surface area contributed by atoms with Crippen LogP contribution in [0.4, 0.5) is 0 Å². The van der Waals surface area contributed by atoms with E-state index in [2.05, 4.69) is 32.3 Å². The molecule has 0 unspecified atom stereocenters. The monoisotopic (exact) mass is 294 g/mol. The number of carbonyl (C=O) groups excluding carboxylic acids is 1. The maximum absolute atomic E-state index is 11.8. The van der Waals surface area contributed by atoms with Crippen molar-refractivity contribution in [3.05, 3.63) is 40.1 Å². The molecule has 0 atom stereocenters. The summed E-state index contributed by atoms with van der Waals surface area (Å²) in [6.07, 6.45) is 8.49. The zero-order valence-corrected chi connectivity index (χ0v) is 11.2. The van der Waals surface area contributed by atoms with Crippen LogP contribution in [-0.4, -0.2) is 17.4 Å². The fourth-order valence-electron chi connectivity index (χ4n) is 1.94. The molecule has 1 aliphatic carbocycles. The van der Waals surface area contributed by atoms with Gasteiger partial charge in [-0.05, 0) is 53.7 Å². The second kappa shape index (κ2) is 5.96. The van der Waals surface area contributed by atoms with Gasteiger partial charge in [-0.3, -0.25) is 4.79 Å². The second-order valence-electron chi connectivity index (χ2n) is 4.09. The fourth-order valence-corrected chi connectivity index (χ4v) is 2.37. The SMILES string of the molecule is O=C(NCCC1=CCCC1)c1ncccc1Br. The number of nitrogens with zero attached hydrogens (tertiary/aromatic N) is 1. The first-order chi connectivity index (χ1) is 8.27. The summed E-state index contributed by atoms with van der Waals surface area (Å²) in [6.45, 7) is 0.688. The summed E-state index contributed by atoms with van der Waals surface area (Å²) in [5, 5.41) is 2.89. The molecule has 1 N–H and O–H groups in total. The lowest BCUT2D eigenvalue weighted by molar-refractivity contribution is 0.0948. The van der Waals surface area contributed by atoms with Gasteiger partial charge in [0, 0.05) is 17.2 Å². The molecule has 90 valence electrons. The van der Waals surface area contributed by atoms with Crippen molar-refractivity contribution in [3.63, 3.8) is 0 Å². The van der Waals surface area contributed by atoms with Crippen LogP contribution in [-0.2, 0) is 0 Å². The molecule has 0 saturated carbocycles. The number of nitrogens with one attached hydrogen (secondary N) is 1. The number of rotatable bonds is 4. The van der Waals surface area contributed by atoms with Gasteiger partial charge in [-0.1, -0.05) is 11.6 Å². The quantitative estimate of drug-likeness (QED) is 0.867. The zero-order valence-electron chi connectivity index (χ0n) is 9.58. The molecule has 0 saturated heterocycles. The van der Waals surface area contributed by atoms with Gasteiger partial charge < -0.3 is 5.32 Å². The predicted octanol–water partition coefficient (Wildman–Crippen LogP) is 3.07. The third kappa shape index (κ3) is 3.40. The highest BCUT2D eigenvalue weighted by atomic mass is 79.9. The van der Waals surface area contributed by atoms with Crippen LogP contribution >= 0.6 is 15.9 Å². The van der Waals surface area contributed by atoms with E-state index >= 15 is 0 Å². The first-order valence-corrected chi connectivity index (χ1v) is 6.63. The van der Waals surface area contributed by atoms with Crippen molar-refractivity contribution in [3.8, 4) is 0 Å². The van der Waals surface area contributed by atoms with Crippen LogP contribution in [0.1, 0.15) is 36.2 Å². The average Bonchev–Trinajstić information content (AvgIpc) is 2.82. The summed E-state index contributed by atoms with van der Waals surface area (Å²) in [6, 6.07) is 3.62. The van der Waals surface area contributed by atoms with E-state index < -0.39 is 0 Å². The topological polar surface area (TPSA) is 42.0 Å². The van der Waals surface area contributed by atoms with E-state index in [4.69, 9.17) is 0 Å². The zero-order chi connectivity index (χ0) is 12.1. The minimum atomic E-state index is -0.115. The van der Waals surface area contributed by atoms with E-state index in [1.165, 1.54) is 24.8 Å². The number of allylic oxidation sites excluding steroid dienone is 1. The Morgan fingerprint density at radius 3 is 3.12 bits per heavy atom. The van der Waals surface area contributed by atoms with Crippen molar-refractivity contribution >= 4 is 21.8 Å². The maximum atomic E-state index is 11.8. The van der Waals surface area contributed by atoms with E-state index in [1.54, 1.807) is 12.3 Å². The molecule has 3 nitrogen and oxygen atoms in total. The minimum absolute atomic E-state index is 0.115. The highest BCUT2D eigenvalue weighted by Gasteiger charge is 2.11. The molecule has 0 radical (unpaired) electrons. The van der Waals surface area contributed by atoms with E-state index in [9.17, 15) is 4.79 Å². The van der Waals surface area contributed by atoms with E-state index in [1.807, 2.05) is 6.07 Å². The summed E-state index contributed by atoms with van der Waals surface area (Å²) in [7, 11) is 0. The number of hydrogen-bond donors (Lipinski definition) is 1. The summed E-state index contributed by atoms with van der Waals surface area (Å²) < 4.78 is 0.734. The molecular formula is C13H15BrN2O. The molecule has 0 aromatic carbocycles. The van der Waals surface area contributed by atoms with E-state index in [-0.39, 0.29) is 5.91 Å². The Labute approximate surface area is 109 Å². The van der Waals surface area contributed by atoms with Gasteiger partial charge in [0.2, 0.25) is 0 Å². The van der Waals surface area contributed by atoms with Crippen LogP contribution in [0.3, 0.4) is 0 Å². The first kappa shape index (κ1) is 12.3. The largest absolute Gasteiger partial charge is 0.350 e. The van der Waals surface area contributed by atoms with Gasteiger partial charge in [0.15, 0.2) is 0 Å². The highest BCUT2D eigenvalue weighted by Crippen LogP contribution is 2.20. The van der Waals surface area contributed by atoms with Crippen LogP contribution < -0.4 is 5.32 Å². The van der Waals surface area contributed by atoms with Gasteiger partial charge >= 0.3 is 0 Å². The Bertz CT molecular complexity index is 443. The van der Waals surface area contributed by atoms with Crippen LogP contribution in [0.2, 0.25) is 0 Å². The molecule has 0 fully saturated rings. The number of aromatic nitrogens is 1. The van der Waals surface area contributed by atoms with Gasteiger partial charge in [0.25, 0.3) is 5.91 Å². The van der Waals surface area contributed by atoms with E-state index in [0.29, 0.717) is 12.2 Å². The lowest BCUT2D eigenvalue weighted by atomic mass is 10.2. The summed E-state index contributed by atoms with van der Waals surface area (Å²) in [4.78, 5) is 15.9. The Morgan fingerprint density at radius 1 is 1.53 bits per heavy atom. The van der Waals surface area contributed by atoms with Crippen LogP contribution in [0.25, 0.3) is 0 Å². The van der Waals surface area contributed by atoms with Gasteiger partial charge in [0.05, 0.1) is 0 Å². The van der Waals surface area contributed by atoms with Crippen molar-refractivity contribution in [1.29, 1.82) is 0 Å². The molecule has 4 heteroatoms. The Morgan fingerprint density at radius 2 is 2.41 bits per heavy atom. The molecule has 0 bridgehead atoms. The molecule has 1 aromatic rings. The molecule has 17 heavy (non-hydrogen) atoms. The standard InChI is InChI=1S/C13H15BrN2O/c14-11-6-3-8-15-12(11)13(17)16-9-7-10-4-1-2-5-10/h3-4,6,8H,1-2,5,7,9H2,(H,16,17). The highest BCUT2D eigenvalue weighted by molar-refractivity contribution is 9.10. The van der Waals surface area contributed by atoms with Gasteiger partial charge in [-0.2, -0.15) is 0 Å². The van der Waals surface area contributed by atoms with Gasteiger partial charge in [-0.25, -0.2) is 4.98 Å². The van der Waals surface area contributed by atoms with Crippen LogP contribution in [0.15, 0.2) is 34.5 Å². The third-order valence-corrected chi connectivity index (χ3v) is 3.48. The third-order valence-electron chi connectivity index (χ3n) is 2.84. The van der Waals surface area contributed by atoms with Crippen LogP contribution in [0, 0.1) is 0 Å². The minimum Gasteiger partial charge on any atom is -0.350 e. The lowest BCUT2D eigenvalue weighted by Crippen LogP contribution is -2.25. The lowest BCUT2D eigenvalue weighted by Gasteiger charge is -2.06. The number of halogens is 1. The molecule has 1 aromatic heterocycles. The van der Waals surface area contributed by atoms with Gasteiger partial charge in [0.1, 0.15) is 5.69 Å². The van der Waals surface area contributed by atoms with Crippen LogP contribution in [0.5, 0.6) is 0 Å². The van der Waals surface area contributed by atoms with Crippen molar-refractivity contribution in [2.24, 2.45) is 0 Å². The Kier molecular flexibility index (Phi) is 4.31. The predicted molar refractivity (Wildman–Crippen MR) is 70.8 cm³/mol. The number of pyridine rings is 1. The van der Waals surface area contributed by atoms with Crippen molar-refractivity contribution in [1.82, 2.24) is 10.3 Å². The first-order valence-electron chi connectivity index (χ1n) is 5.84. The fraction of sp³-hybridized carbons (Fsp3) is 0.385. The molecule has 1 amide bonds. The smallest absolute Gasteiger partial charge is 0.271 e. The molecule has 2 rings (SSSR count). The maximum Gasteiger partial charge on any atom is 0.271 e. The summed E-state index contributed by atoms with van der Waals surface area (Å²) >= 11 is 3.32. The molecule has 1 aliphatic rings. The molecule has 1 heterocycles. The van der Waals surface area contributed by atoms with Gasteiger partial charge in [-0.15, -0.1) is 0 Å². The number of hydrogen-bond acceptors (Lipinski definition) is 2. The molecule has 0 aliphatic heterocycles. The average molecular weight is 295 g/mol. The second-order valence-corrected chi connectivity index (χ2v) is 4.95. The van der Waals surface area contributed by atoms with E-state index in [0.717, 1.165) is 10.9 Å². The van der Waals surface area contributed by atoms with Crippen molar-refractivity contribution in [2.75, 3.05) is 6.54 Å². The summed E-state index contributed by atoms with van der Waals surface area (Å²) in [5.74, 6) is -0.115. The Balaban J connectivity index is 1.83. The summed E-state index contributed by atoms with van der Waals surface area (Å²) in [5.41, 5.74) is 1.92. The van der Waals surface area contributed by atoms with Crippen molar-refractivity contribution < 1.29 is 4.79 Å².